The normalized spacial score (nSPS) is 14.8. The molecule has 0 fully saturated rings. The Morgan fingerprint density at radius 1 is 1.10 bits per heavy atom. The van der Waals surface area contributed by atoms with E-state index in [2.05, 4.69) is 5.32 Å². The standard InChI is InChI=1S/C23H22N2O4/c1-15-10-11-19(28-15)14-25(2)23(27)17-7-5-8-18(12-17)24-22(26)21-13-16-6-3-4-9-20(16)29-21/h3-12,21H,13-14H2,1-2H3,(H,24,26). The monoisotopic (exact) mass is 390 g/mol. The third-order valence-electron chi connectivity index (χ3n) is 4.85. The lowest BCUT2D eigenvalue weighted by molar-refractivity contribution is -0.122. The Labute approximate surface area is 169 Å². The van der Waals surface area contributed by atoms with Crippen molar-refractivity contribution in [1.29, 1.82) is 0 Å². The maximum absolute atomic E-state index is 12.7. The van der Waals surface area contributed by atoms with E-state index in [0.717, 1.165) is 22.8 Å². The maximum atomic E-state index is 12.7. The largest absolute Gasteiger partial charge is 0.480 e. The van der Waals surface area contributed by atoms with Gasteiger partial charge in [0.2, 0.25) is 0 Å². The summed E-state index contributed by atoms with van der Waals surface area (Å²) in [5.74, 6) is 1.89. The average Bonchev–Trinajstić information content (AvgIpc) is 3.33. The Morgan fingerprint density at radius 2 is 1.93 bits per heavy atom. The number of benzene rings is 2. The number of nitrogens with zero attached hydrogens (tertiary/aromatic N) is 1. The zero-order chi connectivity index (χ0) is 20.4. The van der Waals surface area contributed by atoms with Gasteiger partial charge in [-0.1, -0.05) is 24.3 Å². The predicted molar refractivity (Wildman–Crippen MR) is 109 cm³/mol. The van der Waals surface area contributed by atoms with Crippen LogP contribution in [-0.2, 0) is 17.8 Å². The van der Waals surface area contributed by atoms with Crippen molar-refractivity contribution in [2.24, 2.45) is 0 Å². The molecule has 1 N–H and O–H groups in total. The van der Waals surface area contributed by atoms with Crippen LogP contribution in [0.4, 0.5) is 5.69 Å². The van der Waals surface area contributed by atoms with Crippen molar-refractivity contribution in [1.82, 2.24) is 4.90 Å². The van der Waals surface area contributed by atoms with Crippen molar-refractivity contribution in [3.8, 4) is 5.75 Å². The molecule has 1 aromatic heterocycles. The van der Waals surface area contributed by atoms with Gasteiger partial charge in [-0.3, -0.25) is 9.59 Å². The van der Waals surface area contributed by atoms with Crippen LogP contribution in [0.25, 0.3) is 0 Å². The molecule has 29 heavy (non-hydrogen) atoms. The molecule has 2 heterocycles. The van der Waals surface area contributed by atoms with Crippen molar-refractivity contribution in [3.05, 3.63) is 83.3 Å². The zero-order valence-corrected chi connectivity index (χ0v) is 16.3. The molecule has 0 bridgehead atoms. The molecule has 1 unspecified atom stereocenters. The number of anilines is 1. The van der Waals surface area contributed by atoms with E-state index in [1.807, 2.05) is 43.3 Å². The SMILES string of the molecule is Cc1ccc(CN(C)C(=O)c2cccc(NC(=O)C3Cc4ccccc4O3)c2)o1. The van der Waals surface area contributed by atoms with E-state index in [0.29, 0.717) is 24.2 Å². The molecular formula is C23H22N2O4. The van der Waals surface area contributed by atoms with Crippen LogP contribution in [0.3, 0.4) is 0 Å². The second-order valence-electron chi connectivity index (χ2n) is 7.16. The number of para-hydroxylation sites is 1. The number of ether oxygens (including phenoxy) is 1. The first-order chi connectivity index (χ1) is 14.0. The molecule has 3 aromatic rings. The van der Waals surface area contributed by atoms with Gasteiger partial charge < -0.3 is 19.4 Å². The van der Waals surface area contributed by atoms with Gasteiger partial charge in [-0.05, 0) is 48.9 Å². The molecule has 1 aliphatic rings. The van der Waals surface area contributed by atoms with E-state index < -0.39 is 6.10 Å². The Bertz CT molecular complexity index is 1030. The van der Waals surface area contributed by atoms with E-state index in [-0.39, 0.29) is 11.8 Å². The molecule has 0 radical (unpaired) electrons. The molecule has 148 valence electrons. The number of amides is 2. The van der Waals surface area contributed by atoms with E-state index in [1.54, 1.807) is 36.2 Å². The second kappa shape index (κ2) is 7.83. The quantitative estimate of drug-likeness (QED) is 0.719. The summed E-state index contributed by atoms with van der Waals surface area (Å²) in [5, 5.41) is 2.85. The molecule has 1 atom stereocenters. The average molecular weight is 390 g/mol. The van der Waals surface area contributed by atoms with Crippen LogP contribution in [0.5, 0.6) is 5.75 Å². The van der Waals surface area contributed by atoms with Crippen molar-refractivity contribution in [2.45, 2.75) is 26.0 Å². The topological polar surface area (TPSA) is 71.8 Å². The van der Waals surface area contributed by atoms with Crippen molar-refractivity contribution in [3.63, 3.8) is 0 Å². The summed E-state index contributed by atoms with van der Waals surface area (Å²) in [5.41, 5.74) is 2.07. The molecule has 0 saturated heterocycles. The third kappa shape index (κ3) is 4.16. The maximum Gasteiger partial charge on any atom is 0.265 e. The van der Waals surface area contributed by atoms with Crippen LogP contribution in [0, 0.1) is 6.92 Å². The first-order valence-electron chi connectivity index (χ1n) is 9.46. The van der Waals surface area contributed by atoms with Gasteiger partial charge in [-0.15, -0.1) is 0 Å². The summed E-state index contributed by atoms with van der Waals surface area (Å²) in [7, 11) is 1.72. The van der Waals surface area contributed by atoms with E-state index in [4.69, 9.17) is 9.15 Å². The van der Waals surface area contributed by atoms with Gasteiger partial charge >= 0.3 is 0 Å². The highest BCUT2D eigenvalue weighted by Crippen LogP contribution is 2.28. The summed E-state index contributed by atoms with van der Waals surface area (Å²) >= 11 is 0. The molecule has 4 rings (SSSR count). The van der Waals surface area contributed by atoms with Gasteiger partial charge in [0, 0.05) is 24.7 Å². The van der Waals surface area contributed by atoms with Crippen molar-refractivity contribution < 1.29 is 18.7 Å². The molecular weight excluding hydrogens is 368 g/mol. The number of carbonyl (C=O) groups excluding carboxylic acids is 2. The minimum absolute atomic E-state index is 0.153. The summed E-state index contributed by atoms with van der Waals surface area (Å²) in [6.45, 7) is 2.24. The number of furan rings is 1. The molecule has 2 aromatic carbocycles. The smallest absolute Gasteiger partial charge is 0.265 e. The van der Waals surface area contributed by atoms with Gasteiger partial charge in [0.1, 0.15) is 17.3 Å². The number of nitrogens with one attached hydrogen (secondary N) is 1. The van der Waals surface area contributed by atoms with Gasteiger partial charge in [0.15, 0.2) is 6.10 Å². The highest BCUT2D eigenvalue weighted by Gasteiger charge is 2.28. The number of hydrogen-bond acceptors (Lipinski definition) is 4. The number of fused-ring (bicyclic) bond motifs is 1. The molecule has 6 heteroatoms. The van der Waals surface area contributed by atoms with Crippen LogP contribution >= 0.6 is 0 Å². The zero-order valence-electron chi connectivity index (χ0n) is 16.3. The molecule has 0 saturated carbocycles. The third-order valence-corrected chi connectivity index (χ3v) is 4.85. The lowest BCUT2D eigenvalue weighted by Gasteiger charge is -2.17. The fourth-order valence-corrected chi connectivity index (χ4v) is 3.38. The highest BCUT2D eigenvalue weighted by molar-refractivity contribution is 5.98. The summed E-state index contributed by atoms with van der Waals surface area (Å²) in [6.07, 6.45) is -0.0389. The van der Waals surface area contributed by atoms with Crippen molar-refractivity contribution >= 4 is 17.5 Å². The van der Waals surface area contributed by atoms with E-state index in [1.165, 1.54) is 0 Å². The highest BCUT2D eigenvalue weighted by atomic mass is 16.5. The number of carbonyl (C=O) groups is 2. The fourth-order valence-electron chi connectivity index (χ4n) is 3.38. The van der Waals surface area contributed by atoms with Gasteiger partial charge in [-0.2, -0.15) is 0 Å². The molecule has 2 amide bonds. The predicted octanol–water partition coefficient (Wildman–Crippen LogP) is 3.80. The minimum Gasteiger partial charge on any atom is -0.480 e. The number of aryl methyl sites for hydroxylation is 1. The molecule has 0 aliphatic carbocycles. The molecule has 1 aliphatic heterocycles. The van der Waals surface area contributed by atoms with Gasteiger partial charge in [-0.25, -0.2) is 0 Å². The lowest BCUT2D eigenvalue weighted by Crippen LogP contribution is -2.31. The van der Waals surface area contributed by atoms with Crippen LogP contribution in [0.15, 0.2) is 65.1 Å². The minimum atomic E-state index is -0.573. The van der Waals surface area contributed by atoms with Gasteiger partial charge in [0.25, 0.3) is 11.8 Å². The summed E-state index contributed by atoms with van der Waals surface area (Å²) in [4.78, 5) is 26.9. The van der Waals surface area contributed by atoms with Crippen LogP contribution in [0.1, 0.15) is 27.4 Å². The lowest BCUT2D eigenvalue weighted by atomic mass is 10.1. The number of hydrogen-bond donors (Lipinski definition) is 1. The first-order valence-corrected chi connectivity index (χ1v) is 9.46. The van der Waals surface area contributed by atoms with Crippen LogP contribution in [-0.4, -0.2) is 29.9 Å². The van der Waals surface area contributed by atoms with Crippen LogP contribution in [0.2, 0.25) is 0 Å². The molecule has 0 spiro atoms. The van der Waals surface area contributed by atoms with E-state index in [9.17, 15) is 9.59 Å². The Balaban J connectivity index is 1.40. The Hall–Kier alpha value is -3.54. The van der Waals surface area contributed by atoms with Gasteiger partial charge in [0.05, 0.1) is 6.54 Å². The summed E-state index contributed by atoms with van der Waals surface area (Å²) in [6, 6.07) is 18.3. The second-order valence-corrected chi connectivity index (χ2v) is 7.16. The fraction of sp³-hybridized carbons (Fsp3) is 0.217. The number of rotatable bonds is 5. The van der Waals surface area contributed by atoms with Crippen molar-refractivity contribution in [2.75, 3.05) is 12.4 Å². The van der Waals surface area contributed by atoms with E-state index >= 15 is 0 Å². The Kier molecular flexibility index (Phi) is 5.08. The summed E-state index contributed by atoms with van der Waals surface area (Å²) < 4.78 is 11.3. The van der Waals surface area contributed by atoms with Crippen LogP contribution < -0.4 is 10.1 Å². The first kappa shape index (κ1) is 18.8. The molecule has 6 nitrogen and oxygen atoms in total. The Morgan fingerprint density at radius 3 is 2.69 bits per heavy atom.